The monoisotopic (exact) mass is 396 g/mol. The zero-order chi connectivity index (χ0) is 20.1. The summed E-state index contributed by atoms with van der Waals surface area (Å²) < 4.78 is 5.65. The number of hydrogen-bond acceptors (Lipinski definition) is 5. The molecule has 5 nitrogen and oxygen atoms in total. The molecule has 0 unspecified atom stereocenters. The van der Waals surface area contributed by atoms with Crippen LogP contribution in [0, 0.1) is 0 Å². The molecule has 2 N–H and O–H groups in total. The number of carboxylic acid groups (broad SMARTS) is 1. The summed E-state index contributed by atoms with van der Waals surface area (Å²) in [4.78, 5) is 16.8. The van der Waals surface area contributed by atoms with Crippen molar-refractivity contribution in [1.29, 1.82) is 0 Å². The summed E-state index contributed by atoms with van der Waals surface area (Å²) in [7, 11) is 0. The minimum Gasteiger partial charge on any atom is -0.492 e. The third-order valence-electron chi connectivity index (χ3n) is 4.29. The van der Waals surface area contributed by atoms with Crippen molar-refractivity contribution in [1.82, 2.24) is 4.98 Å². The van der Waals surface area contributed by atoms with E-state index in [0.29, 0.717) is 23.4 Å². The predicted octanol–water partition coefficient (Wildman–Crippen LogP) is 5.70. The van der Waals surface area contributed by atoms with Gasteiger partial charge in [-0.1, -0.05) is 50.2 Å². The highest BCUT2D eigenvalue weighted by Gasteiger charge is 2.17. The molecular weight excluding hydrogens is 372 g/mol. The molecule has 6 heteroatoms. The maximum absolute atomic E-state index is 11.3. The van der Waals surface area contributed by atoms with Crippen molar-refractivity contribution in [3.63, 3.8) is 0 Å². The SMILES string of the molecule is CCOc1ccccc1Nc1nc(-c2ccc(C(C)C)cc2)c(CC(=O)O)s1. The molecule has 0 aliphatic heterocycles. The van der Waals surface area contributed by atoms with Crippen LogP contribution in [-0.4, -0.2) is 22.7 Å². The zero-order valence-corrected chi connectivity index (χ0v) is 17.0. The molecular formula is C22H24N2O3S. The number of carboxylic acids is 1. The second-order valence-corrected chi connectivity index (χ2v) is 7.78. The second kappa shape index (κ2) is 8.89. The molecule has 0 atom stereocenters. The van der Waals surface area contributed by atoms with Gasteiger partial charge >= 0.3 is 5.97 Å². The van der Waals surface area contributed by atoms with Crippen LogP contribution in [0.15, 0.2) is 48.5 Å². The predicted molar refractivity (Wildman–Crippen MR) is 114 cm³/mol. The van der Waals surface area contributed by atoms with Gasteiger partial charge in [0.05, 0.1) is 24.4 Å². The third-order valence-corrected chi connectivity index (χ3v) is 5.26. The average molecular weight is 397 g/mol. The van der Waals surface area contributed by atoms with Gasteiger partial charge in [0.15, 0.2) is 5.13 Å². The maximum atomic E-state index is 11.3. The first kappa shape index (κ1) is 19.9. The lowest BCUT2D eigenvalue weighted by molar-refractivity contribution is -0.136. The van der Waals surface area contributed by atoms with Crippen molar-refractivity contribution < 1.29 is 14.6 Å². The Morgan fingerprint density at radius 1 is 1.18 bits per heavy atom. The Morgan fingerprint density at radius 3 is 2.54 bits per heavy atom. The highest BCUT2D eigenvalue weighted by atomic mass is 32.1. The fourth-order valence-corrected chi connectivity index (χ4v) is 3.87. The van der Waals surface area contributed by atoms with Gasteiger partial charge in [0.1, 0.15) is 5.75 Å². The van der Waals surface area contributed by atoms with Crippen LogP contribution < -0.4 is 10.1 Å². The fourth-order valence-electron chi connectivity index (χ4n) is 2.88. The molecule has 0 aliphatic rings. The molecule has 0 saturated carbocycles. The Labute approximate surface area is 169 Å². The Balaban J connectivity index is 1.95. The number of anilines is 2. The van der Waals surface area contributed by atoms with Crippen LogP contribution in [0.1, 0.15) is 37.1 Å². The smallest absolute Gasteiger partial charge is 0.308 e. The van der Waals surface area contributed by atoms with E-state index < -0.39 is 5.97 Å². The van der Waals surface area contributed by atoms with Gasteiger partial charge < -0.3 is 15.2 Å². The van der Waals surface area contributed by atoms with Gasteiger partial charge in [-0.25, -0.2) is 4.98 Å². The highest BCUT2D eigenvalue weighted by molar-refractivity contribution is 7.16. The van der Waals surface area contributed by atoms with Crippen molar-refractivity contribution in [3.05, 3.63) is 59.0 Å². The first-order valence-corrected chi connectivity index (χ1v) is 10.1. The van der Waals surface area contributed by atoms with Gasteiger partial charge in [-0.05, 0) is 30.5 Å². The highest BCUT2D eigenvalue weighted by Crippen LogP contribution is 2.35. The van der Waals surface area contributed by atoms with Crippen LogP contribution in [-0.2, 0) is 11.2 Å². The van der Waals surface area contributed by atoms with Crippen LogP contribution in [0.2, 0.25) is 0 Å². The minimum absolute atomic E-state index is 0.0618. The van der Waals surface area contributed by atoms with Gasteiger partial charge in [-0.3, -0.25) is 4.79 Å². The number of thiazole rings is 1. The topological polar surface area (TPSA) is 71.5 Å². The summed E-state index contributed by atoms with van der Waals surface area (Å²) in [6.07, 6.45) is -0.0618. The number of aromatic nitrogens is 1. The van der Waals surface area contributed by atoms with Gasteiger partial charge in [-0.15, -0.1) is 11.3 Å². The lowest BCUT2D eigenvalue weighted by atomic mass is 10.0. The van der Waals surface area contributed by atoms with E-state index in [1.165, 1.54) is 16.9 Å². The first-order valence-electron chi connectivity index (χ1n) is 9.28. The fraction of sp³-hybridized carbons (Fsp3) is 0.273. The number of carbonyl (C=O) groups is 1. The van der Waals surface area contributed by atoms with Crippen molar-refractivity contribution in [2.24, 2.45) is 0 Å². The molecule has 1 aromatic heterocycles. The molecule has 3 rings (SSSR count). The average Bonchev–Trinajstić information content (AvgIpc) is 3.05. The van der Waals surface area contributed by atoms with Crippen LogP contribution in [0.5, 0.6) is 5.75 Å². The van der Waals surface area contributed by atoms with E-state index in [1.54, 1.807) is 0 Å². The van der Waals surface area contributed by atoms with Crippen molar-refractivity contribution in [2.75, 3.05) is 11.9 Å². The molecule has 2 aromatic carbocycles. The number of nitrogens with zero attached hydrogens (tertiary/aromatic N) is 1. The number of ether oxygens (including phenoxy) is 1. The summed E-state index contributed by atoms with van der Waals surface area (Å²) >= 11 is 1.36. The Bertz CT molecular complexity index is 949. The molecule has 0 bridgehead atoms. The van der Waals surface area contributed by atoms with Gasteiger partial charge in [0.25, 0.3) is 0 Å². The van der Waals surface area contributed by atoms with Gasteiger partial charge in [0.2, 0.25) is 0 Å². The lowest BCUT2D eigenvalue weighted by Gasteiger charge is -2.10. The number of hydrogen-bond donors (Lipinski definition) is 2. The molecule has 0 saturated heterocycles. The number of aliphatic carboxylic acids is 1. The second-order valence-electron chi connectivity index (χ2n) is 6.69. The normalized spacial score (nSPS) is 10.9. The number of rotatable bonds is 8. The Morgan fingerprint density at radius 2 is 1.89 bits per heavy atom. The molecule has 0 fully saturated rings. The van der Waals surface area contributed by atoms with Crippen molar-refractivity contribution in [2.45, 2.75) is 33.1 Å². The molecule has 28 heavy (non-hydrogen) atoms. The van der Waals surface area contributed by atoms with E-state index in [9.17, 15) is 9.90 Å². The van der Waals surface area contributed by atoms with E-state index in [1.807, 2.05) is 43.3 Å². The zero-order valence-electron chi connectivity index (χ0n) is 16.2. The van der Waals surface area contributed by atoms with Gasteiger partial charge in [-0.2, -0.15) is 0 Å². The van der Waals surface area contributed by atoms with Crippen LogP contribution in [0.3, 0.4) is 0 Å². The van der Waals surface area contributed by atoms with Crippen molar-refractivity contribution in [3.8, 4) is 17.0 Å². The Kier molecular flexibility index (Phi) is 6.31. The summed E-state index contributed by atoms with van der Waals surface area (Å²) in [5.74, 6) is 0.308. The number of benzene rings is 2. The lowest BCUT2D eigenvalue weighted by Crippen LogP contribution is -1.99. The van der Waals surface area contributed by atoms with Crippen LogP contribution >= 0.6 is 11.3 Å². The molecule has 0 radical (unpaired) electrons. The standard InChI is InChI=1S/C22H24N2O3S/c1-4-27-18-8-6-5-7-17(18)23-22-24-21(19(28-22)13-20(25)26)16-11-9-15(10-12-16)14(2)3/h5-12,14H,4,13H2,1-3H3,(H,23,24)(H,25,26). The number of para-hydroxylation sites is 2. The molecule has 0 spiro atoms. The molecule has 0 aliphatic carbocycles. The largest absolute Gasteiger partial charge is 0.492 e. The molecule has 1 heterocycles. The maximum Gasteiger partial charge on any atom is 0.308 e. The summed E-state index contributed by atoms with van der Waals surface area (Å²) in [5, 5.41) is 13.2. The Hall–Kier alpha value is -2.86. The molecule has 146 valence electrons. The molecule has 0 amide bonds. The quantitative estimate of drug-likeness (QED) is 0.511. The van der Waals surface area contributed by atoms with Crippen LogP contribution in [0.25, 0.3) is 11.3 Å². The summed E-state index contributed by atoms with van der Waals surface area (Å²) in [5.41, 5.74) is 3.67. The first-order chi connectivity index (χ1) is 13.5. The van der Waals surface area contributed by atoms with E-state index >= 15 is 0 Å². The van der Waals surface area contributed by atoms with E-state index in [-0.39, 0.29) is 6.42 Å². The summed E-state index contributed by atoms with van der Waals surface area (Å²) in [6, 6.07) is 15.8. The van der Waals surface area contributed by atoms with E-state index in [2.05, 4.69) is 31.3 Å². The minimum atomic E-state index is -0.870. The summed E-state index contributed by atoms with van der Waals surface area (Å²) in [6.45, 7) is 6.79. The number of nitrogens with one attached hydrogen (secondary N) is 1. The van der Waals surface area contributed by atoms with E-state index in [0.717, 1.165) is 21.9 Å². The van der Waals surface area contributed by atoms with Crippen LogP contribution in [0.4, 0.5) is 10.8 Å². The van der Waals surface area contributed by atoms with Gasteiger partial charge in [0, 0.05) is 10.4 Å². The van der Waals surface area contributed by atoms with E-state index in [4.69, 9.17) is 9.72 Å². The third kappa shape index (κ3) is 4.70. The van der Waals surface area contributed by atoms with Crippen molar-refractivity contribution >= 4 is 28.1 Å². The molecule has 3 aromatic rings.